The fourth-order valence-corrected chi connectivity index (χ4v) is 5.44. The van der Waals surface area contributed by atoms with Crippen LogP contribution in [0.2, 0.25) is 0 Å². The van der Waals surface area contributed by atoms with E-state index in [0.717, 1.165) is 22.4 Å². The number of nitriles is 2. The molecule has 2 aliphatic heterocycles. The number of quaternary nitrogens is 1. The Morgan fingerprint density at radius 1 is 1.08 bits per heavy atom. The standard InChI is InChI=1S/C29H27N5O2S/c1-29(2)27(35)26(24-12-20(14-30)8-11-25(24)36-29)33-28(37)32-23-10-9-21-16-34(18-31,17-22(21)13-23)15-19-6-4-3-5-7-19/h3-13,26-27,35H,15-17H2,1-2H3,(H-,32,33,37)/p+1/t26-,27+,34?/m1/s1. The molecule has 0 radical (unpaired) electrons. The van der Waals surface area contributed by atoms with Crippen LogP contribution in [0.5, 0.6) is 5.75 Å². The van der Waals surface area contributed by atoms with Crippen molar-refractivity contribution in [2.75, 3.05) is 5.32 Å². The molecule has 0 saturated carbocycles. The maximum Gasteiger partial charge on any atom is 0.309 e. The number of rotatable bonds is 4. The van der Waals surface area contributed by atoms with Gasteiger partial charge in [-0.15, -0.1) is 5.26 Å². The molecule has 3 N–H and O–H groups in total. The number of aliphatic hydroxyl groups excluding tert-OH is 1. The second-order valence-electron chi connectivity index (χ2n) is 10.3. The summed E-state index contributed by atoms with van der Waals surface area (Å²) in [4.78, 5) is 0. The highest BCUT2D eigenvalue weighted by atomic mass is 32.1. The number of aliphatic hydroxyl groups is 1. The molecule has 0 aromatic heterocycles. The smallest absolute Gasteiger partial charge is 0.309 e. The van der Waals surface area contributed by atoms with Crippen molar-refractivity contribution in [3.8, 4) is 18.0 Å². The first-order valence-electron chi connectivity index (χ1n) is 12.1. The normalized spacial score (nSPS) is 22.9. The predicted molar refractivity (Wildman–Crippen MR) is 144 cm³/mol. The zero-order valence-electron chi connectivity index (χ0n) is 20.7. The molecule has 7 nitrogen and oxygen atoms in total. The van der Waals surface area contributed by atoms with Gasteiger partial charge in [0.05, 0.1) is 17.7 Å². The molecule has 0 bridgehead atoms. The first-order valence-corrected chi connectivity index (χ1v) is 12.5. The molecule has 3 aromatic rings. The number of thiocarbonyl (C=S) groups is 1. The van der Waals surface area contributed by atoms with Crippen LogP contribution in [-0.4, -0.2) is 26.4 Å². The van der Waals surface area contributed by atoms with Crippen molar-refractivity contribution in [2.24, 2.45) is 0 Å². The molecule has 3 atom stereocenters. The van der Waals surface area contributed by atoms with Crippen LogP contribution in [0.25, 0.3) is 0 Å². The van der Waals surface area contributed by atoms with Crippen molar-refractivity contribution in [2.45, 2.75) is 51.2 Å². The van der Waals surface area contributed by atoms with Gasteiger partial charge in [0, 0.05) is 27.9 Å². The largest absolute Gasteiger partial charge is 0.485 e. The minimum absolute atomic E-state index is 0.312. The minimum Gasteiger partial charge on any atom is -0.485 e. The number of anilines is 1. The molecule has 5 rings (SSSR count). The SMILES string of the molecule is CC1(C)Oc2ccc(C#N)cc2[C@@H](NC(=S)Nc2ccc3c(c2)C[N+](C#N)(Cc2ccccc2)C3)[C@@H]1O. The minimum atomic E-state index is -0.903. The predicted octanol–water partition coefficient (Wildman–Crippen LogP) is 4.63. The zero-order valence-corrected chi connectivity index (χ0v) is 21.5. The highest BCUT2D eigenvalue weighted by Crippen LogP contribution is 2.40. The van der Waals surface area contributed by atoms with E-state index >= 15 is 0 Å². The highest BCUT2D eigenvalue weighted by molar-refractivity contribution is 7.80. The van der Waals surface area contributed by atoms with Gasteiger partial charge in [0.25, 0.3) is 0 Å². The van der Waals surface area contributed by atoms with Gasteiger partial charge in [0.2, 0.25) is 0 Å². The van der Waals surface area contributed by atoms with E-state index in [9.17, 15) is 15.6 Å². The van der Waals surface area contributed by atoms with Crippen molar-refractivity contribution in [3.05, 3.63) is 94.5 Å². The van der Waals surface area contributed by atoms with Crippen LogP contribution in [0.1, 0.15) is 47.7 Å². The molecule has 8 heteroatoms. The lowest BCUT2D eigenvalue weighted by atomic mass is 9.86. The van der Waals surface area contributed by atoms with E-state index in [2.05, 4.69) is 35.0 Å². The maximum atomic E-state index is 11.1. The third-order valence-electron chi connectivity index (χ3n) is 7.11. The Morgan fingerprint density at radius 3 is 2.57 bits per heavy atom. The number of nitrogens with zero attached hydrogens (tertiary/aromatic N) is 3. The van der Waals surface area contributed by atoms with Crippen molar-refractivity contribution < 1.29 is 14.3 Å². The van der Waals surface area contributed by atoms with Crippen molar-refractivity contribution in [1.29, 1.82) is 10.5 Å². The molecule has 37 heavy (non-hydrogen) atoms. The van der Waals surface area contributed by atoms with Gasteiger partial charge in [0.15, 0.2) is 5.11 Å². The van der Waals surface area contributed by atoms with E-state index in [4.69, 9.17) is 17.0 Å². The second kappa shape index (κ2) is 9.49. The Hall–Kier alpha value is -3.95. The molecule has 0 spiro atoms. The highest BCUT2D eigenvalue weighted by Gasteiger charge is 2.43. The fraction of sp³-hybridized carbons (Fsp3) is 0.276. The summed E-state index contributed by atoms with van der Waals surface area (Å²) in [6, 6.07) is 22.9. The van der Waals surface area contributed by atoms with E-state index < -0.39 is 17.7 Å². The Kier molecular flexibility index (Phi) is 6.35. The quantitative estimate of drug-likeness (QED) is 0.267. The van der Waals surface area contributed by atoms with Gasteiger partial charge in [-0.3, -0.25) is 0 Å². The molecular weight excluding hydrogens is 482 g/mol. The summed E-state index contributed by atoms with van der Waals surface area (Å²) in [5, 5.41) is 37.3. The number of fused-ring (bicyclic) bond motifs is 2. The summed E-state index contributed by atoms with van der Waals surface area (Å²) < 4.78 is 6.31. The fourth-order valence-electron chi connectivity index (χ4n) is 5.20. The Labute approximate surface area is 222 Å². The number of ether oxygens (including phenoxy) is 1. The van der Waals surface area contributed by atoms with Gasteiger partial charge < -0.3 is 20.5 Å². The molecule has 0 amide bonds. The van der Waals surface area contributed by atoms with Gasteiger partial charge in [0.1, 0.15) is 37.1 Å². The first-order chi connectivity index (χ1) is 17.7. The number of hydrogen-bond donors (Lipinski definition) is 3. The van der Waals surface area contributed by atoms with Gasteiger partial charge in [-0.2, -0.15) is 5.26 Å². The van der Waals surface area contributed by atoms with Crippen LogP contribution in [0, 0.1) is 22.8 Å². The third-order valence-corrected chi connectivity index (χ3v) is 7.33. The maximum absolute atomic E-state index is 11.1. The summed E-state index contributed by atoms with van der Waals surface area (Å²) in [7, 11) is 0. The Morgan fingerprint density at radius 2 is 1.84 bits per heavy atom. The first kappa shape index (κ1) is 24.7. The number of benzene rings is 3. The van der Waals surface area contributed by atoms with E-state index in [1.807, 2.05) is 50.2 Å². The van der Waals surface area contributed by atoms with Crippen LogP contribution in [0.4, 0.5) is 5.69 Å². The van der Waals surface area contributed by atoms with Gasteiger partial charge in [-0.05, 0) is 56.4 Å². The van der Waals surface area contributed by atoms with Crippen molar-refractivity contribution >= 4 is 23.0 Å². The zero-order chi connectivity index (χ0) is 26.2. The second-order valence-corrected chi connectivity index (χ2v) is 10.7. The van der Waals surface area contributed by atoms with E-state index in [-0.39, 0.29) is 0 Å². The average Bonchev–Trinajstić information content (AvgIpc) is 3.25. The van der Waals surface area contributed by atoms with Crippen LogP contribution in [-0.2, 0) is 19.6 Å². The van der Waals surface area contributed by atoms with Crippen LogP contribution in [0.15, 0.2) is 66.7 Å². The Balaban J connectivity index is 1.32. The van der Waals surface area contributed by atoms with Crippen LogP contribution in [0.3, 0.4) is 0 Å². The van der Waals surface area contributed by atoms with Gasteiger partial charge >= 0.3 is 6.19 Å². The molecule has 0 saturated heterocycles. The third kappa shape index (κ3) is 4.87. The molecular formula is C29H28N5O2S+. The van der Waals surface area contributed by atoms with Crippen LogP contribution >= 0.6 is 12.2 Å². The van der Waals surface area contributed by atoms with Crippen molar-refractivity contribution in [1.82, 2.24) is 5.32 Å². The topological polar surface area (TPSA) is 101 Å². The van der Waals surface area contributed by atoms with Crippen LogP contribution < -0.4 is 15.4 Å². The Bertz CT molecular complexity index is 1440. The lowest BCUT2D eigenvalue weighted by Gasteiger charge is -2.42. The summed E-state index contributed by atoms with van der Waals surface area (Å²) in [6.45, 7) is 5.56. The molecule has 186 valence electrons. The molecule has 3 aromatic carbocycles. The van der Waals surface area contributed by atoms with Gasteiger partial charge in [-0.25, -0.2) is 4.48 Å². The summed E-state index contributed by atoms with van der Waals surface area (Å²) in [5.74, 6) is 0.608. The molecule has 2 aliphatic rings. The lowest BCUT2D eigenvalue weighted by molar-refractivity contribution is -0.899. The molecule has 0 fully saturated rings. The lowest BCUT2D eigenvalue weighted by Crippen LogP contribution is -2.54. The van der Waals surface area contributed by atoms with Gasteiger partial charge in [-0.1, -0.05) is 36.4 Å². The average molecular weight is 511 g/mol. The van der Waals surface area contributed by atoms with Crippen molar-refractivity contribution in [3.63, 3.8) is 0 Å². The summed E-state index contributed by atoms with van der Waals surface area (Å²) in [5.41, 5.74) is 4.52. The molecule has 2 heterocycles. The van der Waals surface area contributed by atoms with E-state index in [1.165, 1.54) is 0 Å². The molecule has 0 aliphatic carbocycles. The summed E-state index contributed by atoms with van der Waals surface area (Å²) in [6.07, 6.45) is 1.63. The number of hydrogen-bond acceptors (Lipinski definition) is 5. The van der Waals surface area contributed by atoms with E-state index in [0.29, 0.717) is 46.1 Å². The number of nitrogens with one attached hydrogen (secondary N) is 2. The summed E-state index contributed by atoms with van der Waals surface area (Å²) >= 11 is 5.62. The molecule has 1 unspecified atom stereocenters. The monoisotopic (exact) mass is 510 g/mol. The van der Waals surface area contributed by atoms with E-state index in [1.54, 1.807) is 18.2 Å².